The maximum Gasteiger partial charge on any atom is 0.276 e. The Morgan fingerprint density at radius 3 is 2.40 bits per heavy atom. The van der Waals surface area contributed by atoms with E-state index < -0.39 is 4.92 Å². The van der Waals surface area contributed by atoms with Crippen molar-refractivity contribution in [2.24, 2.45) is 0 Å². The highest BCUT2D eigenvalue weighted by molar-refractivity contribution is 7.71. The first-order valence-electron chi connectivity index (χ1n) is 7.39. The Morgan fingerprint density at radius 1 is 0.960 bits per heavy atom. The molecule has 0 N–H and O–H groups in total. The van der Waals surface area contributed by atoms with Crippen molar-refractivity contribution in [3.8, 4) is 5.69 Å². The van der Waals surface area contributed by atoms with Crippen molar-refractivity contribution in [1.82, 2.24) is 4.57 Å². The predicted molar refractivity (Wildman–Crippen MR) is 96.8 cm³/mol. The first-order valence-corrected chi connectivity index (χ1v) is 7.79. The maximum atomic E-state index is 12.9. The zero-order valence-corrected chi connectivity index (χ0v) is 13.5. The van der Waals surface area contributed by atoms with Crippen molar-refractivity contribution in [3.63, 3.8) is 0 Å². The third-order valence-corrected chi connectivity index (χ3v) is 4.27. The topological polar surface area (TPSA) is 78.3 Å². The quantitative estimate of drug-likeness (QED) is 0.232. The predicted octanol–water partition coefficient (Wildman–Crippen LogP) is 4.37. The van der Waals surface area contributed by atoms with Crippen LogP contribution in [0.4, 0.5) is 5.69 Å². The third kappa shape index (κ3) is 2.41. The molecule has 0 unspecified atom stereocenters. The van der Waals surface area contributed by atoms with Gasteiger partial charge in [-0.05, 0) is 35.8 Å². The molecule has 6 nitrogen and oxygen atoms in total. The van der Waals surface area contributed by atoms with Crippen LogP contribution in [0.15, 0.2) is 69.9 Å². The van der Waals surface area contributed by atoms with Crippen LogP contribution in [0, 0.1) is 15.0 Å². The van der Waals surface area contributed by atoms with Crippen LogP contribution in [0.25, 0.3) is 27.4 Å². The van der Waals surface area contributed by atoms with Gasteiger partial charge in [-0.1, -0.05) is 30.3 Å². The SMILES string of the molecule is O=c1c2ccc3ccccc3c2oc(=S)n1-c1ccc([N+](=O)[O-])cc1. The van der Waals surface area contributed by atoms with Gasteiger partial charge in [0.2, 0.25) is 0 Å². The summed E-state index contributed by atoms with van der Waals surface area (Å²) in [5.74, 6) is 0. The van der Waals surface area contributed by atoms with E-state index in [0.717, 1.165) is 10.8 Å². The molecule has 0 saturated carbocycles. The van der Waals surface area contributed by atoms with Gasteiger partial charge in [0, 0.05) is 17.5 Å². The minimum atomic E-state index is -0.502. The standard InChI is InChI=1S/C18H10N2O4S/c21-17-15-10-5-11-3-1-2-4-14(11)16(15)24-18(25)19(17)12-6-8-13(9-7-12)20(22)23/h1-10H. The fourth-order valence-corrected chi connectivity index (χ4v) is 3.08. The van der Waals surface area contributed by atoms with Crippen molar-refractivity contribution < 1.29 is 9.34 Å². The van der Waals surface area contributed by atoms with Gasteiger partial charge in [0.05, 0.1) is 16.0 Å². The number of nitro benzene ring substituents is 1. The molecule has 0 aliphatic carbocycles. The summed E-state index contributed by atoms with van der Waals surface area (Å²) in [5, 5.41) is 12.9. The summed E-state index contributed by atoms with van der Waals surface area (Å²) >= 11 is 5.26. The van der Waals surface area contributed by atoms with Gasteiger partial charge in [0.1, 0.15) is 0 Å². The summed E-state index contributed by atoms with van der Waals surface area (Å²) < 4.78 is 7.00. The number of non-ortho nitro benzene ring substituents is 1. The highest BCUT2D eigenvalue weighted by Gasteiger charge is 2.13. The van der Waals surface area contributed by atoms with E-state index >= 15 is 0 Å². The van der Waals surface area contributed by atoms with Gasteiger partial charge in [-0.3, -0.25) is 14.9 Å². The number of hydrogen-bond acceptors (Lipinski definition) is 5. The smallest absolute Gasteiger partial charge is 0.276 e. The molecular formula is C18H10N2O4S. The van der Waals surface area contributed by atoms with Gasteiger partial charge < -0.3 is 4.42 Å². The monoisotopic (exact) mass is 350 g/mol. The van der Waals surface area contributed by atoms with E-state index in [4.69, 9.17) is 16.6 Å². The Bertz CT molecular complexity index is 1260. The molecule has 0 amide bonds. The summed E-state index contributed by atoms with van der Waals surface area (Å²) in [6.45, 7) is 0. The average Bonchev–Trinajstić information content (AvgIpc) is 2.62. The number of nitro groups is 1. The number of hydrogen-bond donors (Lipinski definition) is 0. The van der Waals surface area contributed by atoms with Gasteiger partial charge in [-0.25, -0.2) is 4.57 Å². The molecule has 0 atom stereocenters. The van der Waals surface area contributed by atoms with Crippen molar-refractivity contribution >= 4 is 39.6 Å². The zero-order chi connectivity index (χ0) is 17.6. The summed E-state index contributed by atoms with van der Waals surface area (Å²) in [4.78, 5) is 23.2. The molecule has 7 heteroatoms. The Hall–Kier alpha value is -3.32. The molecule has 0 aliphatic heterocycles. The minimum absolute atomic E-state index is 0.0114. The van der Waals surface area contributed by atoms with Crippen LogP contribution >= 0.6 is 12.2 Å². The van der Waals surface area contributed by atoms with E-state index in [2.05, 4.69) is 0 Å². The first kappa shape index (κ1) is 15.2. The van der Waals surface area contributed by atoms with E-state index in [1.54, 1.807) is 6.07 Å². The molecular weight excluding hydrogens is 340 g/mol. The van der Waals surface area contributed by atoms with Crippen LogP contribution in [0.3, 0.4) is 0 Å². The third-order valence-electron chi connectivity index (χ3n) is 4.00. The molecule has 25 heavy (non-hydrogen) atoms. The summed E-state index contributed by atoms with van der Waals surface area (Å²) in [6.07, 6.45) is 0. The summed E-state index contributed by atoms with van der Waals surface area (Å²) in [5.41, 5.74) is 0.461. The molecule has 1 heterocycles. The fraction of sp³-hybridized carbons (Fsp3) is 0. The molecule has 0 bridgehead atoms. The van der Waals surface area contributed by atoms with Crippen molar-refractivity contribution in [3.05, 3.63) is 86.0 Å². The van der Waals surface area contributed by atoms with E-state index in [9.17, 15) is 14.9 Å². The van der Waals surface area contributed by atoms with E-state index in [1.807, 2.05) is 30.3 Å². The van der Waals surface area contributed by atoms with Crippen LogP contribution < -0.4 is 5.56 Å². The average molecular weight is 350 g/mol. The molecule has 0 fully saturated rings. The molecule has 122 valence electrons. The molecule has 4 aromatic rings. The Morgan fingerprint density at radius 2 is 1.68 bits per heavy atom. The van der Waals surface area contributed by atoms with Gasteiger partial charge in [-0.15, -0.1) is 0 Å². The molecule has 3 aromatic carbocycles. The summed E-state index contributed by atoms with van der Waals surface area (Å²) in [7, 11) is 0. The first-order chi connectivity index (χ1) is 12.1. The molecule has 4 rings (SSSR count). The normalized spacial score (nSPS) is 11.0. The Labute approximate surface area is 145 Å². The second kappa shape index (κ2) is 5.64. The van der Waals surface area contributed by atoms with Crippen molar-refractivity contribution in [1.29, 1.82) is 0 Å². The van der Waals surface area contributed by atoms with Crippen LogP contribution in [-0.4, -0.2) is 9.49 Å². The number of aromatic nitrogens is 1. The fourth-order valence-electron chi connectivity index (χ4n) is 2.80. The summed E-state index contributed by atoms with van der Waals surface area (Å²) in [6, 6.07) is 16.7. The number of benzene rings is 3. The maximum absolute atomic E-state index is 12.9. The molecule has 0 radical (unpaired) electrons. The molecule has 0 spiro atoms. The van der Waals surface area contributed by atoms with E-state index in [1.165, 1.54) is 28.8 Å². The number of fused-ring (bicyclic) bond motifs is 3. The van der Waals surface area contributed by atoms with E-state index in [0.29, 0.717) is 16.7 Å². The van der Waals surface area contributed by atoms with Crippen LogP contribution in [0.1, 0.15) is 0 Å². The van der Waals surface area contributed by atoms with Crippen LogP contribution in [0.2, 0.25) is 0 Å². The van der Waals surface area contributed by atoms with Crippen LogP contribution in [0.5, 0.6) is 0 Å². The lowest BCUT2D eigenvalue weighted by molar-refractivity contribution is -0.384. The largest absolute Gasteiger partial charge is 0.430 e. The lowest BCUT2D eigenvalue weighted by Gasteiger charge is -2.08. The highest BCUT2D eigenvalue weighted by Crippen LogP contribution is 2.24. The van der Waals surface area contributed by atoms with Gasteiger partial charge in [-0.2, -0.15) is 0 Å². The zero-order valence-electron chi connectivity index (χ0n) is 12.7. The molecule has 0 saturated heterocycles. The molecule has 1 aromatic heterocycles. The lowest BCUT2D eigenvalue weighted by atomic mass is 10.1. The second-order valence-corrected chi connectivity index (χ2v) is 5.79. The van der Waals surface area contributed by atoms with Gasteiger partial charge in [0.25, 0.3) is 16.1 Å². The highest BCUT2D eigenvalue weighted by atomic mass is 32.1. The number of rotatable bonds is 2. The van der Waals surface area contributed by atoms with E-state index in [-0.39, 0.29) is 16.1 Å². The lowest BCUT2D eigenvalue weighted by Crippen LogP contribution is -2.19. The minimum Gasteiger partial charge on any atom is -0.430 e. The second-order valence-electron chi connectivity index (χ2n) is 5.45. The molecule has 0 aliphatic rings. The Balaban J connectivity index is 2.03. The van der Waals surface area contributed by atoms with Crippen molar-refractivity contribution in [2.45, 2.75) is 0 Å². The number of nitrogens with zero attached hydrogens (tertiary/aromatic N) is 2. The van der Waals surface area contributed by atoms with Gasteiger partial charge in [0.15, 0.2) is 5.58 Å². The van der Waals surface area contributed by atoms with Gasteiger partial charge >= 0.3 is 0 Å². The van der Waals surface area contributed by atoms with Crippen molar-refractivity contribution in [2.75, 3.05) is 0 Å². The Kier molecular flexibility index (Phi) is 3.43. The van der Waals surface area contributed by atoms with Crippen LogP contribution in [-0.2, 0) is 0 Å².